The van der Waals surface area contributed by atoms with Crippen molar-refractivity contribution in [3.63, 3.8) is 0 Å². The maximum absolute atomic E-state index is 12.8. The van der Waals surface area contributed by atoms with E-state index in [0.29, 0.717) is 29.4 Å². The molecule has 0 bridgehead atoms. The summed E-state index contributed by atoms with van der Waals surface area (Å²) in [7, 11) is 1.79. The van der Waals surface area contributed by atoms with Crippen LogP contribution in [0.1, 0.15) is 20.7 Å². The van der Waals surface area contributed by atoms with E-state index in [2.05, 4.69) is 5.92 Å². The number of terminal acetylenes is 1. The molecule has 0 saturated heterocycles. The van der Waals surface area contributed by atoms with E-state index >= 15 is 0 Å². The Balaban J connectivity index is 2.06. The van der Waals surface area contributed by atoms with E-state index < -0.39 is 16.7 Å². The smallest absolute Gasteiger partial charge is 0.270 e. The molecule has 3 rings (SSSR count). The quantitative estimate of drug-likeness (QED) is 0.360. The first kappa shape index (κ1) is 16.6. The van der Waals surface area contributed by atoms with Gasteiger partial charge < -0.3 is 0 Å². The molecule has 1 aliphatic rings. The molecule has 0 radical (unpaired) electrons. The lowest BCUT2D eigenvalue weighted by Gasteiger charge is -2.28. The highest BCUT2D eigenvalue weighted by atomic mass is 16.6. The Morgan fingerprint density at radius 3 is 2.64 bits per heavy atom. The molecule has 2 aromatic carbocycles. The molecule has 0 fully saturated rings. The van der Waals surface area contributed by atoms with E-state index in [1.807, 2.05) is 4.90 Å². The molecule has 7 nitrogen and oxygen atoms in total. The number of rotatable bonds is 5. The molecule has 1 heterocycles. The van der Waals surface area contributed by atoms with Gasteiger partial charge in [-0.25, -0.2) is 0 Å². The minimum atomic E-state index is -0.544. The average molecular weight is 337 g/mol. The van der Waals surface area contributed by atoms with E-state index in [0.717, 1.165) is 4.90 Å². The number of imide groups is 1. The van der Waals surface area contributed by atoms with Gasteiger partial charge in [-0.1, -0.05) is 18.1 Å². The summed E-state index contributed by atoms with van der Waals surface area (Å²) in [5, 5.41) is 12.1. The van der Waals surface area contributed by atoms with Gasteiger partial charge in [0, 0.05) is 36.2 Å². The number of benzene rings is 2. The summed E-state index contributed by atoms with van der Waals surface area (Å²) >= 11 is 0. The lowest BCUT2D eigenvalue weighted by molar-refractivity contribution is -0.384. The Kier molecular flexibility index (Phi) is 4.21. The van der Waals surface area contributed by atoms with Crippen molar-refractivity contribution in [2.75, 3.05) is 26.7 Å². The topological polar surface area (TPSA) is 83.8 Å². The maximum Gasteiger partial charge on any atom is 0.270 e. The van der Waals surface area contributed by atoms with Crippen LogP contribution < -0.4 is 0 Å². The number of nitro benzene ring substituents is 1. The summed E-state index contributed by atoms with van der Waals surface area (Å²) in [6, 6.07) is 7.55. The Bertz CT molecular complexity index is 945. The third kappa shape index (κ3) is 2.84. The Hall–Kier alpha value is -3.24. The number of amides is 2. The van der Waals surface area contributed by atoms with Gasteiger partial charge in [-0.2, -0.15) is 0 Å². The Labute approximate surface area is 144 Å². The summed E-state index contributed by atoms with van der Waals surface area (Å²) < 4.78 is 0. The molecular weight excluding hydrogens is 322 g/mol. The average Bonchev–Trinajstić information content (AvgIpc) is 2.59. The monoisotopic (exact) mass is 337 g/mol. The molecule has 2 amide bonds. The highest BCUT2D eigenvalue weighted by molar-refractivity contribution is 6.25. The predicted octanol–water partition coefficient (Wildman–Crippen LogP) is 1.91. The number of hydrogen-bond acceptors (Lipinski definition) is 5. The van der Waals surface area contributed by atoms with Crippen molar-refractivity contribution in [2.45, 2.75) is 0 Å². The molecule has 0 aliphatic carbocycles. The molecule has 0 saturated carbocycles. The fourth-order valence-electron chi connectivity index (χ4n) is 2.96. The van der Waals surface area contributed by atoms with Gasteiger partial charge in [0.05, 0.1) is 17.0 Å². The van der Waals surface area contributed by atoms with Gasteiger partial charge in [0.25, 0.3) is 17.5 Å². The molecule has 0 unspecified atom stereocenters. The van der Waals surface area contributed by atoms with Gasteiger partial charge in [0.15, 0.2) is 0 Å². The molecule has 0 aromatic heterocycles. The number of likely N-dealkylation sites (N-methyl/N-ethyl adjacent to an activating group) is 1. The first-order valence-electron chi connectivity index (χ1n) is 7.63. The lowest BCUT2D eigenvalue weighted by atomic mass is 9.93. The maximum atomic E-state index is 12.8. The zero-order chi connectivity index (χ0) is 18.1. The molecule has 0 spiro atoms. The Morgan fingerprint density at radius 1 is 1.24 bits per heavy atom. The van der Waals surface area contributed by atoms with Crippen LogP contribution in [-0.4, -0.2) is 53.2 Å². The van der Waals surface area contributed by atoms with Gasteiger partial charge >= 0.3 is 0 Å². The summed E-state index contributed by atoms with van der Waals surface area (Å²) in [6.45, 7) is 0.976. The molecule has 1 aliphatic heterocycles. The van der Waals surface area contributed by atoms with Crippen molar-refractivity contribution in [3.05, 3.63) is 51.6 Å². The van der Waals surface area contributed by atoms with Gasteiger partial charge in [-0.15, -0.1) is 6.42 Å². The van der Waals surface area contributed by atoms with Gasteiger partial charge in [-0.05, 0) is 18.5 Å². The van der Waals surface area contributed by atoms with Gasteiger partial charge in [0.2, 0.25) is 0 Å². The second kappa shape index (κ2) is 6.34. The van der Waals surface area contributed by atoms with Crippen molar-refractivity contribution >= 4 is 28.3 Å². The van der Waals surface area contributed by atoms with Crippen LogP contribution in [0.4, 0.5) is 5.69 Å². The van der Waals surface area contributed by atoms with Crippen molar-refractivity contribution in [1.29, 1.82) is 0 Å². The van der Waals surface area contributed by atoms with Crippen molar-refractivity contribution in [1.82, 2.24) is 9.80 Å². The van der Waals surface area contributed by atoms with E-state index in [9.17, 15) is 19.7 Å². The fourth-order valence-corrected chi connectivity index (χ4v) is 2.96. The molecular formula is C18H15N3O4. The third-order valence-electron chi connectivity index (χ3n) is 4.19. The SMILES string of the molecule is C#CCN(C)CCN1C(=O)c2cccc3cc([N+](=O)[O-])cc(c23)C1=O. The Morgan fingerprint density at radius 2 is 1.96 bits per heavy atom. The van der Waals surface area contributed by atoms with Gasteiger partial charge in [0.1, 0.15) is 0 Å². The van der Waals surface area contributed by atoms with Crippen LogP contribution >= 0.6 is 0 Å². The number of carbonyl (C=O) groups excluding carboxylic acids is 2. The molecule has 25 heavy (non-hydrogen) atoms. The number of nitrogens with zero attached hydrogens (tertiary/aromatic N) is 3. The van der Waals surface area contributed by atoms with Crippen LogP contribution in [-0.2, 0) is 0 Å². The van der Waals surface area contributed by atoms with Crippen LogP contribution in [0.5, 0.6) is 0 Å². The third-order valence-corrected chi connectivity index (χ3v) is 4.19. The molecule has 7 heteroatoms. The molecule has 126 valence electrons. The highest BCUT2D eigenvalue weighted by Gasteiger charge is 2.34. The van der Waals surface area contributed by atoms with Crippen LogP contribution in [0.3, 0.4) is 0 Å². The van der Waals surface area contributed by atoms with Crippen molar-refractivity contribution < 1.29 is 14.5 Å². The van der Waals surface area contributed by atoms with Crippen LogP contribution in [0.15, 0.2) is 30.3 Å². The van der Waals surface area contributed by atoms with Crippen LogP contribution in [0.25, 0.3) is 10.8 Å². The summed E-state index contributed by atoms with van der Waals surface area (Å²) in [5.41, 5.74) is 0.382. The number of hydrogen-bond donors (Lipinski definition) is 0. The fraction of sp³-hybridized carbons (Fsp3) is 0.222. The lowest BCUT2D eigenvalue weighted by Crippen LogP contribution is -2.44. The largest absolute Gasteiger partial charge is 0.294 e. The van der Waals surface area contributed by atoms with E-state index in [4.69, 9.17) is 6.42 Å². The zero-order valence-electron chi connectivity index (χ0n) is 13.6. The second-order valence-electron chi connectivity index (χ2n) is 5.86. The van der Waals surface area contributed by atoms with Gasteiger partial charge in [-0.3, -0.25) is 29.5 Å². The van der Waals surface area contributed by atoms with E-state index in [1.165, 1.54) is 12.1 Å². The van der Waals surface area contributed by atoms with E-state index in [-0.39, 0.29) is 17.8 Å². The minimum Gasteiger partial charge on any atom is -0.294 e. The first-order chi connectivity index (χ1) is 11.9. The zero-order valence-corrected chi connectivity index (χ0v) is 13.6. The highest BCUT2D eigenvalue weighted by Crippen LogP contribution is 2.33. The number of non-ortho nitro benzene ring substituents is 1. The summed E-state index contributed by atoms with van der Waals surface area (Å²) in [5.74, 6) is 1.57. The predicted molar refractivity (Wildman–Crippen MR) is 92.3 cm³/mol. The number of carbonyl (C=O) groups is 2. The van der Waals surface area contributed by atoms with Crippen LogP contribution in [0, 0.1) is 22.5 Å². The molecule has 0 N–H and O–H groups in total. The normalized spacial score (nSPS) is 13.4. The first-order valence-corrected chi connectivity index (χ1v) is 7.63. The second-order valence-corrected chi connectivity index (χ2v) is 5.86. The number of nitro groups is 1. The molecule has 0 atom stereocenters. The van der Waals surface area contributed by atoms with Crippen molar-refractivity contribution in [2.24, 2.45) is 0 Å². The molecule has 2 aromatic rings. The summed E-state index contributed by atoms with van der Waals surface area (Å²) in [4.78, 5) is 39.0. The summed E-state index contributed by atoms with van der Waals surface area (Å²) in [6.07, 6.45) is 5.25. The van der Waals surface area contributed by atoms with Crippen LogP contribution in [0.2, 0.25) is 0 Å². The van der Waals surface area contributed by atoms with Crippen molar-refractivity contribution in [3.8, 4) is 12.3 Å². The minimum absolute atomic E-state index is 0.161. The standard InChI is InChI=1S/C18H15N3O4/c1-3-7-19(2)8-9-20-17(22)14-6-4-5-12-10-13(21(24)25)11-15(16(12)14)18(20)23/h1,4-6,10-11H,7-9H2,2H3. The van der Waals surface area contributed by atoms with E-state index in [1.54, 1.807) is 25.2 Å².